The number of carbonyl (C=O) groups excluding carboxylic acids is 1. The second kappa shape index (κ2) is 7.41. The maximum absolute atomic E-state index is 12.1. The average Bonchev–Trinajstić information content (AvgIpc) is 2.85. The van der Waals surface area contributed by atoms with Crippen LogP contribution < -0.4 is 10.9 Å². The summed E-state index contributed by atoms with van der Waals surface area (Å²) >= 11 is 5.60. The Labute approximate surface area is 139 Å². The van der Waals surface area contributed by atoms with Crippen molar-refractivity contribution in [3.05, 3.63) is 33.4 Å². The van der Waals surface area contributed by atoms with E-state index in [1.54, 1.807) is 19.9 Å². The Kier molecular flexibility index (Phi) is 5.54. The van der Waals surface area contributed by atoms with Crippen LogP contribution in [0.5, 0.6) is 0 Å². The minimum absolute atomic E-state index is 0.156. The van der Waals surface area contributed by atoms with Gasteiger partial charge in [-0.15, -0.1) is 11.6 Å². The van der Waals surface area contributed by atoms with Crippen LogP contribution in [-0.2, 0) is 11.2 Å². The van der Waals surface area contributed by atoms with Gasteiger partial charge in [0.15, 0.2) is 0 Å². The third-order valence-electron chi connectivity index (χ3n) is 3.40. The molecule has 0 saturated carbocycles. The van der Waals surface area contributed by atoms with Crippen LogP contribution in [0.4, 0.5) is 5.82 Å². The summed E-state index contributed by atoms with van der Waals surface area (Å²) in [6, 6.07) is 1.72. The normalized spacial score (nSPS) is 10.8. The van der Waals surface area contributed by atoms with Gasteiger partial charge in [0.05, 0.1) is 5.69 Å². The highest BCUT2D eigenvalue weighted by atomic mass is 35.5. The lowest BCUT2D eigenvalue weighted by Crippen LogP contribution is -2.21. The minimum Gasteiger partial charge on any atom is -0.310 e. The zero-order chi connectivity index (χ0) is 17.0. The number of carbonyl (C=O) groups is 1. The summed E-state index contributed by atoms with van der Waals surface area (Å²) in [6.45, 7) is 5.49. The number of hydrogen-bond acceptors (Lipinski definition) is 4. The molecule has 0 fully saturated rings. The second-order valence-electron chi connectivity index (χ2n) is 5.23. The summed E-state index contributed by atoms with van der Waals surface area (Å²) in [5.74, 6) is 1.02. The molecule has 7 nitrogen and oxygen atoms in total. The molecule has 23 heavy (non-hydrogen) atoms. The number of hydrogen-bond donors (Lipinski definition) is 2. The number of aromatic nitrogens is 4. The van der Waals surface area contributed by atoms with E-state index in [0.717, 1.165) is 0 Å². The van der Waals surface area contributed by atoms with Crippen LogP contribution in [0.25, 0.3) is 5.95 Å². The van der Waals surface area contributed by atoms with E-state index in [9.17, 15) is 9.59 Å². The molecule has 2 N–H and O–H groups in total. The number of rotatable bonds is 6. The highest BCUT2D eigenvalue weighted by Crippen LogP contribution is 2.15. The Morgan fingerprint density at radius 1 is 1.43 bits per heavy atom. The number of alkyl halides is 1. The topological polar surface area (TPSA) is 92.7 Å². The van der Waals surface area contributed by atoms with Gasteiger partial charge in [-0.05, 0) is 26.7 Å². The first kappa shape index (κ1) is 17.2. The third-order valence-corrected chi connectivity index (χ3v) is 3.67. The predicted molar refractivity (Wildman–Crippen MR) is 89.4 cm³/mol. The molecule has 124 valence electrons. The molecule has 0 bridgehead atoms. The van der Waals surface area contributed by atoms with Crippen molar-refractivity contribution in [3.63, 3.8) is 0 Å². The van der Waals surface area contributed by atoms with Gasteiger partial charge in [-0.2, -0.15) is 9.78 Å². The average molecular weight is 338 g/mol. The second-order valence-corrected chi connectivity index (χ2v) is 5.61. The first-order valence-electron chi connectivity index (χ1n) is 7.49. The van der Waals surface area contributed by atoms with Gasteiger partial charge in [-0.1, -0.05) is 6.92 Å². The van der Waals surface area contributed by atoms with Crippen molar-refractivity contribution in [1.82, 2.24) is 19.7 Å². The van der Waals surface area contributed by atoms with Gasteiger partial charge >= 0.3 is 0 Å². The molecule has 0 aliphatic heterocycles. The van der Waals surface area contributed by atoms with E-state index >= 15 is 0 Å². The molecule has 2 aromatic rings. The lowest BCUT2D eigenvalue weighted by atomic mass is 10.2. The molecule has 0 radical (unpaired) electrons. The third kappa shape index (κ3) is 3.98. The molecular formula is C15H20ClN5O2. The van der Waals surface area contributed by atoms with Crippen molar-refractivity contribution < 1.29 is 4.79 Å². The van der Waals surface area contributed by atoms with Crippen LogP contribution in [0.3, 0.4) is 0 Å². The van der Waals surface area contributed by atoms with Crippen LogP contribution in [0.1, 0.15) is 36.7 Å². The summed E-state index contributed by atoms with van der Waals surface area (Å²) in [6.07, 6.45) is 1.53. The van der Waals surface area contributed by atoms with E-state index in [2.05, 4.69) is 20.4 Å². The Bertz CT molecular complexity index is 766. The number of aryl methyl sites for hydroxylation is 2. The number of halogens is 1. The highest BCUT2D eigenvalue weighted by Gasteiger charge is 2.14. The predicted octanol–water partition coefficient (Wildman–Crippen LogP) is 2.09. The molecule has 2 aromatic heterocycles. The summed E-state index contributed by atoms with van der Waals surface area (Å²) in [5, 5.41) is 7.07. The van der Waals surface area contributed by atoms with Crippen LogP contribution >= 0.6 is 11.6 Å². The van der Waals surface area contributed by atoms with E-state index in [-0.39, 0.29) is 17.4 Å². The monoisotopic (exact) mass is 337 g/mol. The summed E-state index contributed by atoms with van der Waals surface area (Å²) in [5.41, 5.74) is 1.81. The van der Waals surface area contributed by atoms with Crippen molar-refractivity contribution in [1.29, 1.82) is 0 Å². The van der Waals surface area contributed by atoms with Crippen molar-refractivity contribution >= 4 is 23.3 Å². The fourth-order valence-electron chi connectivity index (χ4n) is 2.29. The first-order valence-corrected chi connectivity index (χ1v) is 8.02. The Morgan fingerprint density at radius 2 is 2.17 bits per heavy atom. The molecule has 0 atom stereocenters. The van der Waals surface area contributed by atoms with Crippen LogP contribution in [0.2, 0.25) is 0 Å². The number of H-pyrrole nitrogens is 1. The lowest BCUT2D eigenvalue weighted by Gasteiger charge is -2.09. The number of amides is 1. The molecule has 2 rings (SSSR count). The van der Waals surface area contributed by atoms with Crippen LogP contribution in [0, 0.1) is 13.8 Å². The molecule has 0 aliphatic rings. The van der Waals surface area contributed by atoms with E-state index < -0.39 is 0 Å². The van der Waals surface area contributed by atoms with E-state index in [1.807, 2.05) is 6.92 Å². The fourth-order valence-corrected chi connectivity index (χ4v) is 2.43. The maximum Gasteiger partial charge on any atom is 0.255 e. The van der Waals surface area contributed by atoms with Gasteiger partial charge in [0, 0.05) is 29.6 Å². The van der Waals surface area contributed by atoms with Crippen molar-refractivity contribution in [2.75, 3.05) is 11.2 Å². The number of nitrogens with one attached hydrogen (secondary N) is 2. The molecular weight excluding hydrogens is 318 g/mol. The number of anilines is 1. The molecule has 1 amide bonds. The molecule has 0 aliphatic carbocycles. The maximum atomic E-state index is 12.1. The standard InChI is InChI=1S/C15H20ClN5O2/c1-4-11-10(3)17-15(19-14(11)23)21-12(8-9(2)20-21)18-13(22)6-5-7-16/h8H,4-7H2,1-3H3,(H,18,22)(H,17,19,23). The van der Waals surface area contributed by atoms with Gasteiger partial charge in [0.1, 0.15) is 5.82 Å². The number of aromatic amines is 1. The van der Waals surface area contributed by atoms with E-state index in [4.69, 9.17) is 11.6 Å². The van der Waals surface area contributed by atoms with E-state index in [0.29, 0.717) is 47.9 Å². The summed E-state index contributed by atoms with van der Waals surface area (Å²) in [4.78, 5) is 31.1. The molecule has 0 spiro atoms. The van der Waals surface area contributed by atoms with Gasteiger partial charge in [0.2, 0.25) is 11.9 Å². The van der Waals surface area contributed by atoms with Gasteiger partial charge in [-0.3, -0.25) is 14.6 Å². The smallest absolute Gasteiger partial charge is 0.255 e. The summed E-state index contributed by atoms with van der Waals surface area (Å²) < 4.78 is 1.43. The zero-order valence-electron chi connectivity index (χ0n) is 13.4. The Balaban J connectivity index is 2.37. The molecule has 0 saturated heterocycles. The van der Waals surface area contributed by atoms with Crippen molar-refractivity contribution in [2.24, 2.45) is 0 Å². The van der Waals surface area contributed by atoms with Gasteiger partial charge < -0.3 is 5.32 Å². The molecule has 8 heteroatoms. The van der Waals surface area contributed by atoms with Gasteiger partial charge in [-0.25, -0.2) is 4.98 Å². The molecule has 0 aromatic carbocycles. The summed E-state index contributed by atoms with van der Waals surface area (Å²) in [7, 11) is 0. The largest absolute Gasteiger partial charge is 0.310 e. The highest BCUT2D eigenvalue weighted by molar-refractivity contribution is 6.18. The van der Waals surface area contributed by atoms with Crippen molar-refractivity contribution in [2.45, 2.75) is 40.0 Å². The SMILES string of the molecule is CCc1c(C)nc(-n2nc(C)cc2NC(=O)CCCCl)[nH]c1=O. The van der Waals surface area contributed by atoms with Gasteiger partial charge in [0.25, 0.3) is 5.56 Å². The lowest BCUT2D eigenvalue weighted by molar-refractivity contribution is -0.116. The Hall–Kier alpha value is -2.15. The van der Waals surface area contributed by atoms with Crippen LogP contribution in [0.15, 0.2) is 10.9 Å². The quantitative estimate of drug-likeness (QED) is 0.789. The minimum atomic E-state index is -0.192. The zero-order valence-corrected chi connectivity index (χ0v) is 14.2. The molecule has 2 heterocycles. The van der Waals surface area contributed by atoms with E-state index in [1.165, 1.54) is 4.68 Å². The number of nitrogens with zero attached hydrogens (tertiary/aromatic N) is 3. The Morgan fingerprint density at radius 3 is 2.78 bits per heavy atom. The molecule has 0 unspecified atom stereocenters. The first-order chi connectivity index (χ1) is 11.0. The van der Waals surface area contributed by atoms with Crippen LogP contribution in [-0.4, -0.2) is 31.5 Å². The fraction of sp³-hybridized carbons (Fsp3) is 0.467. The van der Waals surface area contributed by atoms with Crippen molar-refractivity contribution in [3.8, 4) is 5.95 Å².